The van der Waals surface area contributed by atoms with Gasteiger partial charge in [0.1, 0.15) is 11.5 Å². The summed E-state index contributed by atoms with van der Waals surface area (Å²) in [6.45, 7) is 14.2. The molecule has 0 N–H and O–H groups in total. The fraction of sp³-hybridized carbons (Fsp3) is 0.220. The first-order valence-corrected chi connectivity index (χ1v) is 15.7. The molecule has 6 heteroatoms. The molecule has 0 unspecified atom stereocenters. The Morgan fingerprint density at radius 2 is 1.13 bits per heavy atom. The van der Waals surface area contributed by atoms with E-state index < -0.39 is 0 Å². The van der Waals surface area contributed by atoms with Gasteiger partial charge in [-0.25, -0.2) is 15.0 Å². The third kappa shape index (κ3) is 5.71. The van der Waals surface area contributed by atoms with Crippen LogP contribution in [-0.4, -0.2) is 19.9 Å². The van der Waals surface area contributed by atoms with Crippen LogP contribution in [0.4, 0.5) is 0 Å². The summed E-state index contributed by atoms with van der Waals surface area (Å²) in [4.78, 5) is 19.6. The minimum atomic E-state index is 0. The van der Waals surface area contributed by atoms with Crippen molar-refractivity contribution in [2.75, 3.05) is 0 Å². The van der Waals surface area contributed by atoms with Gasteiger partial charge in [-0.2, -0.15) is 0 Å². The van der Waals surface area contributed by atoms with E-state index in [-0.39, 0.29) is 36.4 Å². The monoisotopic (exact) mass is 794 g/mol. The molecule has 0 fully saturated rings. The Bertz CT molecular complexity index is 2040. The number of rotatable bonds is 6. The second-order valence-electron chi connectivity index (χ2n) is 13.6. The molecule has 4 aromatic carbocycles. The molecule has 1 aliphatic rings. The number of ether oxygens (including phenoxy) is 1. The average molecular weight is 794 g/mol. The number of aromatic nitrogens is 4. The maximum Gasteiger partial charge on any atom is 0.165 e. The number of nitrogens with zero attached hydrogens (tertiary/aromatic N) is 4. The molecule has 5 nitrogen and oxygen atoms in total. The summed E-state index contributed by atoms with van der Waals surface area (Å²) in [6, 6.07) is 39.6. The zero-order valence-electron chi connectivity index (χ0n) is 27.5. The van der Waals surface area contributed by atoms with E-state index in [0.29, 0.717) is 23.2 Å². The van der Waals surface area contributed by atoms with E-state index in [1.54, 1.807) is 0 Å². The first-order chi connectivity index (χ1) is 22.0. The molecule has 0 atom stereocenters. The molecule has 0 aliphatic heterocycles. The number of hydrogen-bond donors (Lipinski definition) is 0. The number of hydrogen-bond acceptors (Lipinski definition) is 5. The molecule has 7 rings (SSSR count). The van der Waals surface area contributed by atoms with Crippen molar-refractivity contribution in [1.82, 2.24) is 19.9 Å². The van der Waals surface area contributed by atoms with E-state index in [1.807, 2.05) is 103 Å². The molecule has 47 heavy (non-hydrogen) atoms. The zero-order chi connectivity index (χ0) is 32.1. The summed E-state index contributed by atoms with van der Waals surface area (Å²) in [6.07, 6.45) is 1.85. The van der Waals surface area contributed by atoms with Crippen molar-refractivity contribution in [3.63, 3.8) is 0 Å². The van der Waals surface area contributed by atoms with Crippen LogP contribution in [0.15, 0.2) is 115 Å². The van der Waals surface area contributed by atoms with Gasteiger partial charge in [-0.05, 0) is 46.2 Å². The Kier molecular flexibility index (Phi) is 8.46. The van der Waals surface area contributed by atoms with Gasteiger partial charge in [-0.1, -0.05) is 114 Å². The van der Waals surface area contributed by atoms with Crippen LogP contribution in [0, 0.1) is 11.5 Å². The number of fused-ring (bicyclic) bond motifs is 1. The van der Waals surface area contributed by atoms with Crippen molar-refractivity contribution in [1.29, 1.82) is 0 Å². The first kappa shape index (κ1) is 32.4. The molecule has 2 heterocycles. The Balaban J connectivity index is 0.00000386. The summed E-state index contributed by atoms with van der Waals surface area (Å²) in [5, 5.41) is 0. The summed E-state index contributed by atoms with van der Waals surface area (Å²) >= 11 is 0. The van der Waals surface area contributed by atoms with E-state index in [4.69, 9.17) is 24.7 Å². The molecule has 0 amide bonds. The van der Waals surface area contributed by atoms with Crippen LogP contribution in [0.3, 0.4) is 0 Å². The molecule has 6 aromatic rings. The van der Waals surface area contributed by atoms with Gasteiger partial charge in [0.2, 0.25) is 0 Å². The van der Waals surface area contributed by atoms with E-state index in [1.165, 1.54) is 11.1 Å². The van der Waals surface area contributed by atoms with Gasteiger partial charge >= 0.3 is 0 Å². The van der Waals surface area contributed by atoms with Gasteiger partial charge in [-0.3, -0.25) is 0 Å². The largest absolute Gasteiger partial charge is 0.457 e. The zero-order valence-corrected chi connectivity index (χ0v) is 29.9. The van der Waals surface area contributed by atoms with Crippen molar-refractivity contribution >= 4 is 0 Å². The molecule has 237 valence electrons. The first-order valence-electron chi connectivity index (χ1n) is 15.7. The molecule has 0 spiro atoms. The van der Waals surface area contributed by atoms with Crippen LogP contribution in [0.1, 0.15) is 52.7 Å². The van der Waals surface area contributed by atoms with E-state index >= 15 is 0 Å². The number of benzene rings is 4. The van der Waals surface area contributed by atoms with Crippen LogP contribution < -0.4 is 4.74 Å². The van der Waals surface area contributed by atoms with Crippen molar-refractivity contribution in [3.8, 4) is 56.9 Å². The normalized spacial score (nSPS) is 15.4. The SMILES string of the molecule is CC1(C)c2c[c-]c(-c3ccc(-c4nc(-c5ccccc5)nc(-c5cccc(Oc6ccccc6)c5)n4)cn3)cc2C(C)(C)C1(C)C.[Ir]. The standard InChI is InChI=1S/C41H37N4O.Ir/c1-39(2)33-22-20-28(25-34(33)40(3,4)41(39,5)6)35-23-21-30(26-42-35)38-44-36(27-14-9-7-10-15-27)43-37(45-38)29-16-13-19-32(24-29)46-31-17-11-8-12-18-31;/h7-19,21-26H,1-6H3;/q-1;. The van der Waals surface area contributed by atoms with E-state index in [9.17, 15) is 0 Å². The quantitative estimate of drug-likeness (QED) is 0.157. The third-order valence-electron chi connectivity index (χ3n) is 10.5. The fourth-order valence-corrected chi connectivity index (χ4v) is 6.49. The van der Waals surface area contributed by atoms with Gasteiger partial charge in [0.25, 0.3) is 0 Å². The topological polar surface area (TPSA) is 60.8 Å². The maximum atomic E-state index is 6.10. The minimum Gasteiger partial charge on any atom is -0.457 e. The van der Waals surface area contributed by atoms with Crippen LogP contribution >= 0.6 is 0 Å². The smallest absolute Gasteiger partial charge is 0.165 e. The van der Waals surface area contributed by atoms with E-state index in [2.05, 4.69) is 59.7 Å². The summed E-state index contributed by atoms with van der Waals surface area (Å²) in [7, 11) is 0. The van der Waals surface area contributed by atoms with Crippen molar-refractivity contribution in [3.05, 3.63) is 133 Å². The fourth-order valence-electron chi connectivity index (χ4n) is 6.49. The third-order valence-corrected chi connectivity index (χ3v) is 10.5. The molecule has 1 radical (unpaired) electrons. The van der Waals surface area contributed by atoms with Crippen molar-refractivity contribution < 1.29 is 24.8 Å². The Morgan fingerprint density at radius 3 is 1.79 bits per heavy atom. The maximum absolute atomic E-state index is 6.10. The van der Waals surface area contributed by atoms with Crippen molar-refractivity contribution in [2.45, 2.75) is 52.4 Å². The predicted molar refractivity (Wildman–Crippen MR) is 185 cm³/mol. The second-order valence-corrected chi connectivity index (χ2v) is 13.6. The van der Waals surface area contributed by atoms with Crippen LogP contribution in [0.5, 0.6) is 11.5 Å². The van der Waals surface area contributed by atoms with Gasteiger partial charge in [0.15, 0.2) is 17.5 Å². The van der Waals surface area contributed by atoms with Crippen LogP contribution in [-0.2, 0) is 30.9 Å². The summed E-state index contributed by atoms with van der Waals surface area (Å²) in [5.74, 6) is 3.19. The van der Waals surface area contributed by atoms with Gasteiger partial charge in [0.05, 0.1) is 0 Å². The van der Waals surface area contributed by atoms with Gasteiger partial charge < -0.3 is 9.72 Å². The Hall–Kier alpha value is -4.51. The summed E-state index contributed by atoms with van der Waals surface area (Å²) < 4.78 is 6.10. The van der Waals surface area contributed by atoms with E-state index in [0.717, 1.165) is 33.7 Å². The minimum absolute atomic E-state index is 0. The Labute approximate surface area is 290 Å². The second kappa shape index (κ2) is 12.3. The molecule has 1 aliphatic carbocycles. The molecule has 2 aromatic heterocycles. The average Bonchev–Trinajstić information content (AvgIpc) is 3.18. The van der Waals surface area contributed by atoms with Crippen LogP contribution in [0.2, 0.25) is 0 Å². The van der Waals surface area contributed by atoms with Crippen LogP contribution in [0.25, 0.3) is 45.4 Å². The molecule has 0 saturated carbocycles. The number of para-hydroxylation sites is 1. The number of pyridine rings is 1. The molecular formula is C41H37IrN4O-. The van der Waals surface area contributed by atoms with Gasteiger partial charge in [-0.15, -0.1) is 34.9 Å². The van der Waals surface area contributed by atoms with Crippen molar-refractivity contribution in [2.24, 2.45) is 5.41 Å². The molecule has 0 saturated heterocycles. The molecule has 0 bridgehead atoms. The Morgan fingerprint density at radius 1 is 0.553 bits per heavy atom. The summed E-state index contributed by atoms with van der Waals surface area (Å²) in [5.41, 5.74) is 7.29. The predicted octanol–water partition coefficient (Wildman–Crippen LogP) is 10.1. The van der Waals surface area contributed by atoms with Gasteiger partial charge in [0, 0.05) is 43.0 Å². The molecular weight excluding hydrogens is 757 g/mol.